The van der Waals surface area contributed by atoms with Crippen LogP contribution in [0.1, 0.15) is 61.8 Å². The fourth-order valence-corrected chi connectivity index (χ4v) is 3.29. The van der Waals surface area contributed by atoms with Crippen LogP contribution in [0.4, 0.5) is 26.3 Å². The molecule has 0 aliphatic carbocycles. The number of alkyl halides is 6. The topological polar surface area (TPSA) is 40.5 Å². The summed E-state index contributed by atoms with van der Waals surface area (Å²) in [5, 5.41) is 17.4. The summed E-state index contributed by atoms with van der Waals surface area (Å²) >= 11 is 0. The molecule has 0 unspecified atom stereocenters. The Morgan fingerprint density at radius 1 is 0.561 bits per heavy atom. The molecular weight excluding hydrogens is 622 g/mol. The van der Waals surface area contributed by atoms with Crippen molar-refractivity contribution in [1.82, 2.24) is 0 Å². The van der Waals surface area contributed by atoms with Gasteiger partial charge in [-0.2, -0.15) is 61.7 Å². The van der Waals surface area contributed by atoms with E-state index in [4.69, 9.17) is 10.2 Å². The third kappa shape index (κ3) is 17.6. The summed E-state index contributed by atoms with van der Waals surface area (Å²) in [6.45, 7) is 4.45. The molecule has 0 aliphatic heterocycles. The van der Waals surface area contributed by atoms with Crippen molar-refractivity contribution in [2.24, 2.45) is 0 Å². The third-order valence-electron chi connectivity index (χ3n) is 5.45. The first-order valence-corrected chi connectivity index (χ1v) is 13.0. The van der Waals surface area contributed by atoms with Crippen LogP contribution in [0.15, 0.2) is 97.1 Å². The average Bonchev–Trinajstić information content (AvgIpc) is 3.61. The van der Waals surface area contributed by atoms with Crippen LogP contribution in [-0.4, -0.2) is 10.2 Å². The first-order valence-electron chi connectivity index (χ1n) is 13.0. The van der Waals surface area contributed by atoms with E-state index in [2.05, 4.69) is 62.4 Å². The van der Waals surface area contributed by atoms with Gasteiger partial charge >= 0.3 is 38.6 Å². The summed E-state index contributed by atoms with van der Waals surface area (Å²) in [5.74, 6) is -0.750. The molecule has 2 nitrogen and oxygen atoms in total. The number of halogens is 6. The molecule has 222 valence electrons. The number of aromatic hydroxyl groups is 2. The predicted molar refractivity (Wildman–Crippen MR) is 148 cm³/mol. The third-order valence-corrected chi connectivity index (χ3v) is 5.45. The summed E-state index contributed by atoms with van der Waals surface area (Å²) in [6, 6.07) is 25.0. The number of phenols is 2. The van der Waals surface area contributed by atoms with Gasteiger partial charge < -0.3 is 10.2 Å². The fraction of sp³-hybridized carbons (Fsp3) is 0.312. The SMILES string of the molecule is CCCC[c-]1cccc1.CCCC[c-]1cccc1.Oc1cccc(C(F)(F)F)c1.Oc1cccc(C(F)(F)F)c1.[Zr+2]. The second-order valence-electron chi connectivity index (χ2n) is 8.89. The van der Waals surface area contributed by atoms with Crippen LogP contribution in [0.5, 0.6) is 11.5 Å². The molecule has 0 fully saturated rings. The number of aryl methyl sites for hydroxylation is 2. The molecule has 0 atom stereocenters. The van der Waals surface area contributed by atoms with Gasteiger partial charge in [-0.05, 0) is 36.4 Å². The standard InChI is InChI=1S/2C9H13.2C7H5F3O.Zr/c2*1-2-3-6-9-7-4-5-8-9;2*8-7(9,10)5-2-1-3-6(11)4-5;/h2*4-5,7-8H,2-3,6H2,1H3;2*1-4,11H;/q2*-1;;;+2. The van der Waals surface area contributed by atoms with Crippen molar-refractivity contribution in [1.29, 1.82) is 0 Å². The molecule has 0 aromatic heterocycles. The molecule has 4 aromatic rings. The molecule has 9 heteroatoms. The molecule has 41 heavy (non-hydrogen) atoms. The molecule has 0 aliphatic rings. The zero-order valence-electron chi connectivity index (χ0n) is 23.1. The number of hydrogen-bond acceptors (Lipinski definition) is 2. The molecule has 0 saturated carbocycles. The Kier molecular flexibility index (Phi) is 18.8. The van der Waals surface area contributed by atoms with Crippen LogP contribution in [0, 0.1) is 0 Å². The van der Waals surface area contributed by atoms with E-state index in [9.17, 15) is 26.3 Å². The van der Waals surface area contributed by atoms with Gasteiger partial charge in [-0.25, -0.2) is 24.3 Å². The first kappa shape index (κ1) is 38.2. The Morgan fingerprint density at radius 3 is 1.10 bits per heavy atom. The Labute approximate surface area is 257 Å². The maximum atomic E-state index is 11.9. The van der Waals surface area contributed by atoms with E-state index in [-0.39, 0.29) is 37.7 Å². The maximum Gasteiger partial charge on any atom is 2.00 e. The Hall–Kier alpha value is -2.80. The van der Waals surface area contributed by atoms with Crippen LogP contribution in [0.25, 0.3) is 0 Å². The molecule has 0 heterocycles. The minimum atomic E-state index is -4.38. The van der Waals surface area contributed by atoms with E-state index < -0.39 is 23.5 Å². The smallest absolute Gasteiger partial charge is 0.508 e. The minimum Gasteiger partial charge on any atom is -0.508 e. The molecule has 4 rings (SSSR count). The van der Waals surface area contributed by atoms with E-state index in [1.165, 1.54) is 61.8 Å². The Morgan fingerprint density at radius 2 is 0.878 bits per heavy atom. The molecule has 0 spiro atoms. The molecule has 0 bridgehead atoms. The zero-order valence-corrected chi connectivity index (χ0v) is 25.6. The number of rotatable bonds is 6. The first-order chi connectivity index (χ1) is 18.9. The van der Waals surface area contributed by atoms with E-state index in [1.807, 2.05) is 0 Å². The van der Waals surface area contributed by atoms with Crippen LogP contribution < -0.4 is 0 Å². The van der Waals surface area contributed by atoms with Gasteiger partial charge in [-0.15, -0.1) is 0 Å². The van der Waals surface area contributed by atoms with E-state index in [0.717, 1.165) is 24.3 Å². The summed E-state index contributed by atoms with van der Waals surface area (Å²) in [4.78, 5) is 0. The van der Waals surface area contributed by atoms with Crippen molar-refractivity contribution >= 4 is 0 Å². The summed E-state index contributed by atoms with van der Waals surface area (Å²) in [5.41, 5.74) is 1.30. The maximum absolute atomic E-state index is 11.9. The molecular formula is C32H36F6O2Zr. The summed E-state index contributed by atoms with van der Waals surface area (Å²) in [6.07, 6.45) is -1.01. The van der Waals surface area contributed by atoms with Crippen LogP contribution in [0.3, 0.4) is 0 Å². The molecule has 0 radical (unpaired) electrons. The van der Waals surface area contributed by atoms with Gasteiger partial charge in [-0.1, -0.05) is 64.5 Å². The Bertz CT molecular complexity index is 1070. The van der Waals surface area contributed by atoms with Crippen LogP contribution in [0.2, 0.25) is 0 Å². The van der Waals surface area contributed by atoms with Crippen molar-refractivity contribution < 1.29 is 62.8 Å². The van der Waals surface area contributed by atoms with Gasteiger partial charge in [0.1, 0.15) is 11.5 Å². The van der Waals surface area contributed by atoms with Gasteiger partial charge in [0.25, 0.3) is 0 Å². The minimum absolute atomic E-state index is 0. The van der Waals surface area contributed by atoms with Crippen LogP contribution >= 0.6 is 0 Å². The van der Waals surface area contributed by atoms with E-state index in [0.29, 0.717) is 12.1 Å². The number of unbranched alkanes of at least 4 members (excludes halogenated alkanes) is 2. The summed E-state index contributed by atoms with van der Waals surface area (Å²) in [7, 11) is 0. The number of hydrogen-bond donors (Lipinski definition) is 2. The van der Waals surface area contributed by atoms with Crippen molar-refractivity contribution in [2.75, 3.05) is 0 Å². The monoisotopic (exact) mass is 656 g/mol. The molecule has 2 N–H and O–H groups in total. The van der Waals surface area contributed by atoms with Gasteiger partial charge in [0.05, 0.1) is 11.1 Å². The average molecular weight is 658 g/mol. The zero-order chi connectivity index (χ0) is 30.0. The van der Waals surface area contributed by atoms with Gasteiger partial charge in [0.15, 0.2) is 0 Å². The quantitative estimate of drug-likeness (QED) is 0.160. The summed E-state index contributed by atoms with van der Waals surface area (Å²) < 4.78 is 71.1. The number of benzene rings is 2. The fourth-order valence-electron chi connectivity index (χ4n) is 3.29. The van der Waals surface area contributed by atoms with Crippen molar-refractivity contribution in [3.8, 4) is 11.5 Å². The Balaban J connectivity index is 0.000000518. The van der Waals surface area contributed by atoms with Gasteiger partial charge in [-0.3, -0.25) is 0 Å². The number of phenolic OH excluding ortho intramolecular Hbond substituents is 2. The molecule has 4 aromatic carbocycles. The predicted octanol–water partition coefficient (Wildman–Crippen LogP) is 10.3. The normalized spacial score (nSPS) is 10.5. The van der Waals surface area contributed by atoms with Crippen molar-refractivity contribution in [3.63, 3.8) is 0 Å². The molecule has 0 saturated heterocycles. The van der Waals surface area contributed by atoms with Crippen LogP contribution in [-0.2, 0) is 51.4 Å². The second-order valence-corrected chi connectivity index (χ2v) is 8.89. The largest absolute Gasteiger partial charge is 2.00 e. The molecule has 0 amide bonds. The van der Waals surface area contributed by atoms with E-state index >= 15 is 0 Å². The second kappa shape index (κ2) is 20.1. The van der Waals surface area contributed by atoms with Crippen molar-refractivity contribution in [3.05, 3.63) is 119 Å². The van der Waals surface area contributed by atoms with Gasteiger partial charge in [0.2, 0.25) is 0 Å². The van der Waals surface area contributed by atoms with E-state index in [1.54, 1.807) is 0 Å². The van der Waals surface area contributed by atoms with Crippen molar-refractivity contribution in [2.45, 2.75) is 64.7 Å². The van der Waals surface area contributed by atoms with Gasteiger partial charge in [0, 0.05) is 0 Å².